The predicted octanol–water partition coefficient (Wildman–Crippen LogP) is 6.82. The van der Waals surface area contributed by atoms with E-state index in [1.807, 2.05) is 24.3 Å². The molecule has 174 valence electrons. The van der Waals surface area contributed by atoms with Crippen LogP contribution in [0.4, 0.5) is 0 Å². The Bertz CT molecular complexity index is 935. The second-order valence-corrected chi connectivity index (χ2v) is 10.3. The van der Waals surface area contributed by atoms with Gasteiger partial charge in [0.2, 0.25) is 0 Å². The minimum absolute atomic E-state index is 0.0312. The van der Waals surface area contributed by atoms with Crippen LogP contribution in [0.5, 0.6) is 0 Å². The number of carboxylic acids is 1. The third kappa shape index (κ3) is 7.16. The summed E-state index contributed by atoms with van der Waals surface area (Å²) >= 11 is 8.20. The van der Waals surface area contributed by atoms with Crippen molar-refractivity contribution in [1.82, 2.24) is 0 Å². The number of Topliss-reactive ketones (excluding diaryl/α,β-unsaturated/α-hetero) is 1. The molecule has 32 heavy (non-hydrogen) atoms. The van der Waals surface area contributed by atoms with Gasteiger partial charge in [-0.1, -0.05) is 61.2 Å². The number of aliphatic hydroxyl groups excluding tert-OH is 1. The fraction of sp³-hybridized carbons (Fsp3) is 0.538. The van der Waals surface area contributed by atoms with Crippen LogP contribution in [0, 0.1) is 11.8 Å². The van der Waals surface area contributed by atoms with Crippen molar-refractivity contribution >= 4 is 44.8 Å². The van der Waals surface area contributed by atoms with Gasteiger partial charge in [0.05, 0.1) is 11.1 Å². The first kappa shape index (κ1) is 24.9. The summed E-state index contributed by atoms with van der Waals surface area (Å²) in [6.45, 7) is 0. The number of carbonyl (C=O) groups excluding carboxylic acids is 1. The fourth-order valence-corrected chi connectivity index (χ4v) is 6.15. The standard InChI is InChI=1S/C26H33ClO4S/c27-26-21-10-5-6-12-23(21)32-24(26)17-16-19(28)15-14-18-8-7-11-22(29)20(18)9-3-1-2-4-13-25(30)31/h5-6,10,12,14-15,18-20,28H,1-4,7-9,11,13,16-17H2,(H,30,31)/b15-14+/t18-,19?,20-/m1/s1. The number of aryl methyl sites for hydroxylation is 1. The summed E-state index contributed by atoms with van der Waals surface area (Å²) in [6.07, 6.45) is 11.9. The third-order valence-electron chi connectivity index (χ3n) is 6.40. The Morgan fingerprint density at radius 2 is 2.00 bits per heavy atom. The van der Waals surface area contributed by atoms with Crippen LogP contribution in [0.3, 0.4) is 0 Å². The number of hydrogen-bond acceptors (Lipinski definition) is 4. The number of aliphatic carboxylic acids is 1. The summed E-state index contributed by atoms with van der Waals surface area (Å²) in [7, 11) is 0. The second-order valence-electron chi connectivity index (χ2n) is 8.80. The zero-order valence-electron chi connectivity index (χ0n) is 18.5. The normalized spacial score (nSPS) is 20.2. The van der Waals surface area contributed by atoms with Gasteiger partial charge >= 0.3 is 5.97 Å². The molecule has 0 bridgehead atoms. The molecule has 1 aliphatic carbocycles. The number of ketones is 1. The van der Waals surface area contributed by atoms with Crippen LogP contribution in [-0.2, 0) is 16.0 Å². The van der Waals surface area contributed by atoms with Crippen molar-refractivity contribution in [2.45, 2.75) is 76.7 Å². The molecule has 1 aromatic heterocycles. The maximum atomic E-state index is 12.5. The highest BCUT2D eigenvalue weighted by molar-refractivity contribution is 7.19. The lowest BCUT2D eigenvalue weighted by atomic mass is 9.75. The molecule has 1 heterocycles. The lowest BCUT2D eigenvalue weighted by Gasteiger charge is -2.28. The maximum Gasteiger partial charge on any atom is 0.303 e. The van der Waals surface area contributed by atoms with E-state index in [-0.39, 0.29) is 18.3 Å². The number of benzene rings is 1. The molecule has 0 saturated heterocycles. The average molecular weight is 477 g/mol. The first-order chi connectivity index (χ1) is 15.5. The Labute approximate surface area is 199 Å². The fourth-order valence-electron chi connectivity index (χ4n) is 4.61. The molecule has 6 heteroatoms. The predicted molar refractivity (Wildman–Crippen MR) is 131 cm³/mol. The van der Waals surface area contributed by atoms with Crippen molar-refractivity contribution in [3.8, 4) is 0 Å². The molecule has 2 aromatic rings. The molecule has 0 spiro atoms. The van der Waals surface area contributed by atoms with Crippen molar-refractivity contribution in [1.29, 1.82) is 0 Å². The van der Waals surface area contributed by atoms with Crippen LogP contribution in [0.25, 0.3) is 10.1 Å². The summed E-state index contributed by atoms with van der Waals surface area (Å²) in [4.78, 5) is 24.2. The van der Waals surface area contributed by atoms with Gasteiger partial charge in [0.15, 0.2) is 0 Å². The van der Waals surface area contributed by atoms with Crippen molar-refractivity contribution in [2.24, 2.45) is 11.8 Å². The molecule has 1 unspecified atom stereocenters. The molecular weight excluding hydrogens is 444 g/mol. The van der Waals surface area contributed by atoms with E-state index < -0.39 is 12.1 Å². The summed E-state index contributed by atoms with van der Waals surface area (Å²) in [5.41, 5.74) is 0. The molecule has 0 radical (unpaired) electrons. The largest absolute Gasteiger partial charge is 0.481 e. The zero-order chi connectivity index (χ0) is 22.9. The number of thiophene rings is 1. The van der Waals surface area contributed by atoms with E-state index in [0.29, 0.717) is 25.0 Å². The highest BCUT2D eigenvalue weighted by Crippen LogP contribution is 2.36. The van der Waals surface area contributed by atoms with E-state index in [0.717, 1.165) is 60.2 Å². The molecule has 0 aliphatic heterocycles. The zero-order valence-corrected chi connectivity index (χ0v) is 20.0. The van der Waals surface area contributed by atoms with Gasteiger partial charge in [0.25, 0.3) is 0 Å². The number of fused-ring (bicyclic) bond motifs is 1. The van der Waals surface area contributed by atoms with E-state index >= 15 is 0 Å². The van der Waals surface area contributed by atoms with Gasteiger partial charge in [-0.05, 0) is 50.5 Å². The Balaban J connectivity index is 1.48. The third-order valence-corrected chi connectivity index (χ3v) is 8.17. The van der Waals surface area contributed by atoms with Gasteiger partial charge in [-0.25, -0.2) is 0 Å². The van der Waals surface area contributed by atoms with Gasteiger partial charge < -0.3 is 10.2 Å². The first-order valence-corrected chi connectivity index (χ1v) is 12.9. The lowest BCUT2D eigenvalue weighted by Crippen LogP contribution is -2.27. The summed E-state index contributed by atoms with van der Waals surface area (Å²) in [5.74, 6) is -0.185. The van der Waals surface area contributed by atoms with E-state index in [1.54, 1.807) is 11.3 Å². The minimum Gasteiger partial charge on any atom is -0.481 e. The molecule has 1 fully saturated rings. The molecule has 3 atom stereocenters. The number of halogens is 1. The highest BCUT2D eigenvalue weighted by Gasteiger charge is 2.29. The van der Waals surface area contributed by atoms with Crippen LogP contribution in [0.2, 0.25) is 5.02 Å². The van der Waals surface area contributed by atoms with Crippen LogP contribution < -0.4 is 0 Å². The van der Waals surface area contributed by atoms with Crippen molar-refractivity contribution in [3.05, 3.63) is 46.3 Å². The summed E-state index contributed by atoms with van der Waals surface area (Å²) < 4.78 is 1.17. The summed E-state index contributed by atoms with van der Waals surface area (Å²) in [5, 5.41) is 21.1. The van der Waals surface area contributed by atoms with Crippen LogP contribution in [0.1, 0.15) is 69.1 Å². The SMILES string of the molecule is O=C(O)CCCCCC[C@H]1C(=O)CCC[C@@H]1/C=C/C(O)CCc1sc2ccccc2c1Cl. The lowest BCUT2D eigenvalue weighted by molar-refractivity contribution is -0.137. The second kappa shape index (κ2) is 12.5. The number of aliphatic hydroxyl groups is 1. The van der Waals surface area contributed by atoms with Gasteiger partial charge in [0, 0.05) is 33.7 Å². The number of unbranched alkanes of at least 4 members (excludes halogenated alkanes) is 3. The Hall–Kier alpha value is -1.69. The van der Waals surface area contributed by atoms with E-state index in [2.05, 4.69) is 12.1 Å². The van der Waals surface area contributed by atoms with Gasteiger partial charge in [-0.3, -0.25) is 9.59 Å². The molecule has 2 N–H and O–H groups in total. The van der Waals surface area contributed by atoms with Crippen LogP contribution in [-0.4, -0.2) is 28.1 Å². The Morgan fingerprint density at radius 3 is 2.78 bits per heavy atom. The quantitative estimate of drug-likeness (QED) is 0.260. The Kier molecular flexibility index (Phi) is 9.76. The number of hydrogen-bond donors (Lipinski definition) is 2. The van der Waals surface area contributed by atoms with E-state index in [4.69, 9.17) is 16.7 Å². The van der Waals surface area contributed by atoms with E-state index in [1.165, 1.54) is 4.70 Å². The molecule has 1 saturated carbocycles. The minimum atomic E-state index is -0.745. The first-order valence-electron chi connectivity index (χ1n) is 11.7. The van der Waals surface area contributed by atoms with E-state index in [9.17, 15) is 14.7 Å². The van der Waals surface area contributed by atoms with Crippen LogP contribution >= 0.6 is 22.9 Å². The molecular formula is C26H33ClO4S. The topological polar surface area (TPSA) is 74.6 Å². The van der Waals surface area contributed by atoms with Crippen molar-refractivity contribution in [3.63, 3.8) is 0 Å². The molecule has 0 amide bonds. The average Bonchev–Trinajstić information content (AvgIpc) is 3.10. The molecule has 1 aromatic carbocycles. The molecule has 1 aliphatic rings. The number of rotatable bonds is 12. The number of carboxylic acid groups (broad SMARTS) is 1. The van der Waals surface area contributed by atoms with Crippen molar-refractivity contribution < 1.29 is 19.8 Å². The van der Waals surface area contributed by atoms with Gasteiger partial charge in [-0.15, -0.1) is 11.3 Å². The Morgan fingerprint density at radius 1 is 1.22 bits per heavy atom. The molecule has 3 rings (SSSR count). The van der Waals surface area contributed by atoms with Gasteiger partial charge in [-0.2, -0.15) is 0 Å². The number of carbonyl (C=O) groups is 2. The van der Waals surface area contributed by atoms with Gasteiger partial charge in [0.1, 0.15) is 5.78 Å². The van der Waals surface area contributed by atoms with Crippen molar-refractivity contribution in [2.75, 3.05) is 0 Å². The highest BCUT2D eigenvalue weighted by atomic mass is 35.5. The van der Waals surface area contributed by atoms with Crippen LogP contribution in [0.15, 0.2) is 36.4 Å². The molecule has 4 nitrogen and oxygen atoms in total. The smallest absolute Gasteiger partial charge is 0.303 e. The monoisotopic (exact) mass is 476 g/mol. The number of allylic oxidation sites excluding steroid dienone is 1. The maximum absolute atomic E-state index is 12.5. The summed E-state index contributed by atoms with van der Waals surface area (Å²) in [6, 6.07) is 8.09.